The van der Waals surface area contributed by atoms with Crippen LogP contribution in [0.5, 0.6) is 5.75 Å². The van der Waals surface area contributed by atoms with Crippen LogP contribution < -0.4 is 10.1 Å². The molecule has 3 rings (SSSR count). The van der Waals surface area contributed by atoms with Gasteiger partial charge in [0, 0.05) is 0 Å². The van der Waals surface area contributed by atoms with Crippen LogP contribution in [0.1, 0.15) is 17.5 Å². The van der Waals surface area contributed by atoms with Crippen molar-refractivity contribution in [3.63, 3.8) is 0 Å². The summed E-state index contributed by atoms with van der Waals surface area (Å²) >= 11 is 1.04. The van der Waals surface area contributed by atoms with Crippen LogP contribution in [0.15, 0.2) is 58.7 Å². The molecule has 1 saturated heterocycles. The molecule has 2 N–H and O–H groups in total. The SMILES string of the molecule is O=C(O)C[C@@H]1S/C(=N\N=C/c2ccc(OCc3ccc(F)cc3)cc2)NC1=O. The van der Waals surface area contributed by atoms with Crippen LogP contribution in [0.3, 0.4) is 0 Å². The van der Waals surface area contributed by atoms with Gasteiger partial charge in [0.25, 0.3) is 0 Å². The van der Waals surface area contributed by atoms with Crippen LogP contribution in [0.2, 0.25) is 0 Å². The molecule has 1 aliphatic rings. The predicted octanol–water partition coefficient (Wildman–Crippen LogP) is 2.80. The van der Waals surface area contributed by atoms with Crippen LogP contribution in [0.25, 0.3) is 0 Å². The molecule has 28 heavy (non-hydrogen) atoms. The van der Waals surface area contributed by atoms with Crippen molar-refractivity contribution in [1.82, 2.24) is 5.32 Å². The molecule has 1 heterocycles. The summed E-state index contributed by atoms with van der Waals surface area (Å²) in [5, 5.41) is 18.6. The van der Waals surface area contributed by atoms with Gasteiger partial charge in [-0.05, 0) is 47.5 Å². The van der Waals surface area contributed by atoms with E-state index in [1.807, 2.05) is 0 Å². The first-order valence-corrected chi connectivity index (χ1v) is 9.15. The Balaban J connectivity index is 1.52. The summed E-state index contributed by atoms with van der Waals surface area (Å²) < 4.78 is 18.5. The van der Waals surface area contributed by atoms with Crippen molar-refractivity contribution in [1.29, 1.82) is 0 Å². The molecule has 1 fully saturated rings. The number of amides is 1. The number of hydrogen-bond donors (Lipinski definition) is 2. The Morgan fingerprint density at radius 2 is 1.93 bits per heavy atom. The van der Waals surface area contributed by atoms with Gasteiger partial charge in [-0.25, -0.2) is 4.39 Å². The van der Waals surface area contributed by atoms with E-state index in [9.17, 15) is 14.0 Å². The molecule has 1 aliphatic heterocycles. The Morgan fingerprint density at radius 3 is 2.61 bits per heavy atom. The predicted molar refractivity (Wildman–Crippen MR) is 104 cm³/mol. The van der Waals surface area contributed by atoms with Gasteiger partial charge in [-0.1, -0.05) is 23.9 Å². The highest BCUT2D eigenvalue weighted by Gasteiger charge is 2.32. The molecule has 0 radical (unpaired) electrons. The lowest BCUT2D eigenvalue weighted by molar-refractivity contribution is -0.138. The third-order valence-corrected chi connectivity index (χ3v) is 4.76. The van der Waals surface area contributed by atoms with Gasteiger partial charge >= 0.3 is 5.97 Å². The fourth-order valence-electron chi connectivity index (χ4n) is 2.29. The van der Waals surface area contributed by atoms with E-state index in [2.05, 4.69) is 15.5 Å². The smallest absolute Gasteiger partial charge is 0.305 e. The van der Waals surface area contributed by atoms with Crippen molar-refractivity contribution < 1.29 is 23.8 Å². The number of carboxylic acid groups (broad SMARTS) is 1. The molecule has 0 aliphatic carbocycles. The van der Waals surface area contributed by atoms with E-state index in [4.69, 9.17) is 9.84 Å². The number of hydrogen-bond acceptors (Lipinski definition) is 6. The molecule has 0 aromatic heterocycles. The Kier molecular flexibility index (Phi) is 6.38. The number of aliphatic carboxylic acids is 1. The second-order valence-electron chi connectivity index (χ2n) is 5.83. The van der Waals surface area contributed by atoms with E-state index in [1.165, 1.54) is 18.3 Å². The Bertz CT molecular complexity index is 914. The molecule has 0 bridgehead atoms. The molecular formula is C19H16FN3O4S. The summed E-state index contributed by atoms with van der Waals surface area (Å²) in [6, 6.07) is 13.2. The van der Waals surface area contributed by atoms with E-state index in [0.717, 1.165) is 22.9 Å². The van der Waals surface area contributed by atoms with Gasteiger partial charge in [-0.3, -0.25) is 9.59 Å². The second kappa shape index (κ2) is 9.14. The Morgan fingerprint density at radius 1 is 1.21 bits per heavy atom. The van der Waals surface area contributed by atoms with E-state index in [-0.39, 0.29) is 23.3 Å². The number of carbonyl (C=O) groups is 2. The molecule has 0 saturated carbocycles. The first-order chi connectivity index (χ1) is 13.5. The molecule has 0 spiro atoms. The van der Waals surface area contributed by atoms with Gasteiger partial charge in [0.05, 0.1) is 12.6 Å². The van der Waals surface area contributed by atoms with E-state index in [1.54, 1.807) is 36.4 Å². The maximum atomic E-state index is 12.9. The minimum atomic E-state index is -1.04. The minimum Gasteiger partial charge on any atom is -0.489 e. The number of nitrogens with zero attached hydrogens (tertiary/aromatic N) is 2. The second-order valence-corrected chi connectivity index (χ2v) is 7.02. The maximum Gasteiger partial charge on any atom is 0.305 e. The maximum absolute atomic E-state index is 12.9. The van der Waals surface area contributed by atoms with E-state index >= 15 is 0 Å². The van der Waals surface area contributed by atoms with Gasteiger partial charge in [0.1, 0.15) is 23.4 Å². The number of amidine groups is 1. The molecular weight excluding hydrogens is 385 g/mol. The van der Waals surface area contributed by atoms with Crippen molar-refractivity contribution in [2.24, 2.45) is 10.2 Å². The number of halogens is 1. The fourth-order valence-corrected chi connectivity index (χ4v) is 3.21. The van der Waals surface area contributed by atoms with Gasteiger partial charge in [-0.2, -0.15) is 5.10 Å². The highest BCUT2D eigenvalue weighted by molar-refractivity contribution is 8.15. The zero-order chi connectivity index (χ0) is 19.9. The number of carbonyl (C=O) groups excluding carboxylic acids is 1. The first-order valence-electron chi connectivity index (χ1n) is 8.27. The van der Waals surface area contributed by atoms with Crippen molar-refractivity contribution in [2.45, 2.75) is 18.3 Å². The number of nitrogens with one attached hydrogen (secondary N) is 1. The molecule has 2 aromatic carbocycles. The molecule has 1 atom stereocenters. The number of carboxylic acids is 1. The van der Waals surface area contributed by atoms with E-state index in [0.29, 0.717) is 12.4 Å². The zero-order valence-corrected chi connectivity index (χ0v) is 15.4. The number of benzene rings is 2. The highest BCUT2D eigenvalue weighted by Crippen LogP contribution is 2.22. The van der Waals surface area contributed by atoms with Crippen LogP contribution in [-0.2, 0) is 16.2 Å². The Hall–Kier alpha value is -3.20. The van der Waals surface area contributed by atoms with Crippen molar-refractivity contribution >= 4 is 35.0 Å². The standard InChI is InChI=1S/C19H16FN3O4S/c20-14-5-1-13(2-6-14)11-27-15-7-3-12(4-8-15)10-21-23-19-22-18(26)16(28-19)9-17(24)25/h1-8,10,16H,9,11H2,(H,24,25)(H,22,23,26)/b21-10-/t16-/m0/s1. The summed E-state index contributed by atoms with van der Waals surface area (Å²) in [6.45, 7) is 0.329. The topological polar surface area (TPSA) is 100 Å². The number of thioether (sulfide) groups is 1. The Labute approximate surface area is 164 Å². The van der Waals surface area contributed by atoms with Gasteiger partial charge < -0.3 is 15.2 Å². The monoisotopic (exact) mass is 401 g/mol. The third-order valence-electron chi connectivity index (χ3n) is 3.69. The average Bonchev–Trinajstić information content (AvgIpc) is 3.01. The van der Waals surface area contributed by atoms with Crippen molar-refractivity contribution in [3.8, 4) is 5.75 Å². The lowest BCUT2D eigenvalue weighted by Crippen LogP contribution is -2.26. The molecule has 2 aromatic rings. The normalized spacial score (nSPS) is 17.8. The summed E-state index contributed by atoms with van der Waals surface area (Å²) in [4.78, 5) is 22.3. The summed E-state index contributed by atoms with van der Waals surface area (Å²) in [7, 11) is 0. The lowest BCUT2D eigenvalue weighted by Gasteiger charge is -2.06. The van der Waals surface area contributed by atoms with Crippen molar-refractivity contribution in [3.05, 3.63) is 65.5 Å². The van der Waals surface area contributed by atoms with Crippen LogP contribution >= 0.6 is 11.8 Å². The van der Waals surface area contributed by atoms with Crippen LogP contribution in [0, 0.1) is 5.82 Å². The van der Waals surface area contributed by atoms with Gasteiger partial charge in [0.15, 0.2) is 5.17 Å². The summed E-state index contributed by atoms with van der Waals surface area (Å²) in [5.41, 5.74) is 1.63. The molecule has 0 unspecified atom stereocenters. The minimum absolute atomic E-state index is 0.265. The van der Waals surface area contributed by atoms with E-state index < -0.39 is 11.2 Å². The average molecular weight is 401 g/mol. The summed E-state index contributed by atoms with van der Waals surface area (Å²) in [6.07, 6.45) is 1.24. The quantitative estimate of drug-likeness (QED) is 0.549. The summed E-state index contributed by atoms with van der Waals surface area (Å²) in [5.74, 6) is -1.06. The zero-order valence-electron chi connectivity index (χ0n) is 14.5. The highest BCUT2D eigenvalue weighted by atomic mass is 32.2. The van der Waals surface area contributed by atoms with Gasteiger partial charge in [0.2, 0.25) is 5.91 Å². The molecule has 144 valence electrons. The largest absolute Gasteiger partial charge is 0.489 e. The van der Waals surface area contributed by atoms with Gasteiger partial charge in [-0.15, -0.1) is 5.10 Å². The lowest BCUT2D eigenvalue weighted by atomic mass is 10.2. The molecule has 1 amide bonds. The van der Waals surface area contributed by atoms with Crippen LogP contribution in [-0.4, -0.2) is 33.6 Å². The molecule has 9 heteroatoms. The van der Waals surface area contributed by atoms with Crippen LogP contribution in [0.4, 0.5) is 4.39 Å². The number of rotatable bonds is 7. The first kappa shape index (κ1) is 19.6. The number of ether oxygens (including phenoxy) is 1. The van der Waals surface area contributed by atoms with Crippen molar-refractivity contribution in [2.75, 3.05) is 0 Å². The molecule has 7 nitrogen and oxygen atoms in total. The fraction of sp³-hybridized carbons (Fsp3) is 0.158. The third kappa shape index (κ3) is 5.65.